The molecule has 0 unspecified atom stereocenters. The van der Waals surface area contributed by atoms with E-state index in [0.717, 1.165) is 5.56 Å². The quantitative estimate of drug-likeness (QED) is 0.407. The Morgan fingerprint density at radius 3 is 2.73 bits per heavy atom. The number of benzene rings is 2. The summed E-state index contributed by atoms with van der Waals surface area (Å²) < 4.78 is 0. The zero-order chi connectivity index (χ0) is 18.5. The Labute approximate surface area is 152 Å². The number of rotatable bonds is 5. The van der Waals surface area contributed by atoms with Crippen molar-refractivity contribution in [3.05, 3.63) is 81.0 Å². The maximum absolute atomic E-state index is 12.1. The van der Waals surface area contributed by atoms with E-state index in [4.69, 9.17) is 11.6 Å². The second-order valence-corrected chi connectivity index (χ2v) is 5.66. The number of aromatic nitrogens is 2. The van der Waals surface area contributed by atoms with Crippen molar-refractivity contribution in [1.29, 1.82) is 0 Å². The normalized spacial score (nSPS) is 10.8. The summed E-state index contributed by atoms with van der Waals surface area (Å²) in [5.74, 6) is -0.487. The van der Waals surface area contributed by atoms with E-state index in [1.807, 2.05) is 0 Å². The Morgan fingerprint density at radius 2 is 2.00 bits per heavy atom. The van der Waals surface area contributed by atoms with Gasteiger partial charge in [-0.25, -0.2) is 5.43 Å². The third-order valence-electron chi connectivity index (χ3n) is 3.42. The van der Waals surface area contributed by atoms with Gasteiger partial charge >= 0.3 is 0 Å². The number of H-pyrrole nitrogens is 1. The van der Waals surface area contributed by atoms with Gasteiger partial charge in [0, 0.05) is 28.3 Å². The number of nitro benzene ring substituents is 1. The molecule has 2 N–H and O–H groups in total. The average Bonchev–Trinajstić information content (AvgIpc) is 3.13. The van der Waals surface area contributed by atoms with E-state index < -0.39 is 10.8 Å². The number of nitrogens with zero attached hydrogens (tertiary/aromatic N) is 3. The molecule has 3 rings (SSSR count). The number of nitrogens with one attached hydrogen (secondary N) is 2. The first-order valence-electron chi connectivity index (χ1n) is 7.42. The van der Waals surface area contributed by atoms with Crippen LogP contribution in [0.1, 0.15) is 16.1 Å². The van der Waals surface area contributed by atoms with Crippen LogP contribution in [0.15, 0.2) is 59.7 Å². The first kappa shape index (κ1) is 17.3. The van der Waals surface area contributed by atoms with Crippen molar-refractivity contribution in [3.63, 3.8) is 0 Å². The molecule has 0 radical (unpaired) electrons. The zero-order valence-corrected chi connectivity index (χ0v) is 14.0. The lowest BCUT2D eigenvalue weighted by Gasteiger charge is -1.97. The van der Waals surface area contributed by atoms with Crippen molar-refractivity contribution in [2.24, 2.45) is 5.10 Å². The van der Waals surface area contributed by atoms with E-state index >= 15 is 0 Å². The molecule has 0 atom stereocenters. The third-order valence-corrected chi connectivity index (χ3v) is 3.68. The number of carbonyl (C=O) groups is 1. The summed E-state index contributed by atoms with van der Waals surface area (Å²) in [4.78, 5) is 22.3. The summed E-state index contributed by atoms with van der Waals surface area (Å²) in [6.07, 6.45) is 1.32. The zero-order valence-electron chi connectivity index (χ0n) is 13.2. The Balaban J connectivity index is 1.66. The number of halogens is 1. The van der Waals surface area contributed by atoms with Gasteiger partial charge < -0.3 is 0 Å². The number of hydrazone groups is 1. The van der Waals surface area contributed by atoms with Crippen molar-refractivity contribution in [2.75, 3.05) is 0 Å². The minimum absolute atomic E-state index is 0.0542. The molecule has 2 aromatic carbocycles. The van der Waals surface area contributed by atoms with E-state index in [-0.39, 0.29) is 11.4 Å². The maximum Gasteiger partial charge on any atom is 0.289 e. The van der Waals surface area contributed by atoms with Gasteiger partial charge in [-0.1, -0.05) is 35.9 Å². The molecule has 1 heterocycles. The molecule has 0 saturated carbocycles. The molecule has 8 nitrogen and oxygen atoms in total. The molecule has 1 amide bonds. The highest BCUT2D eigenvalue weighted by Gasteiger charge is 2.10. The van der Waals surface area contributed by atoms with Crippen LogP contribution in [0.4, 0.5) is 5.69 Å². The molecule has 9 heteroatoms. The molecule has 0 aliphatic heterocycles. The van der Waals surface area contributed by atoms with Crippen LogP contribution in [0.25, 0.3) is 11.3 Å². The smallest absolute Gasteiger partial charge is 0.272 e. The molecule has 0 aliphatic rings. The Bertz CT molecular complexity index is 982. The van der Waals surface area contributed by atoms with Gasteiger partial charge in [0.05, 0.1) is 16.8 Å². The minimum Gasteiger partial charge on any atom is -0.272 e. The molecule has 130 valence electrons. The SMILES string of the molecule is O=C(N/N=C/c1cccc([N+](=O)[O-])c1)c1cc(-c2ccc(Cl)cc2)n[nH]1. The van der Waals surface area contributed by atoms with Gasteiger partial charge in [-0.3, -0.25) is 20.0 Å². The Morgan fingerprint density at radius 1 is 1.23 bits per heavy atom. The predicted molar refractivity (Wildman–Crippen MR) is 97.2 cm³/mol. The fourth-order valence-electron chi connectivity index (χ4n) is 2.15. The minimum atomic E-state index is -0.501. The molecule has 3 aromatic rings. The first-order valence-corrected chi connectivity index (χ1v) is 7.80. The van der Waals surface area contributed by atoms with Gasteiger partial charge in [-0.15, -0.1) is 0 Å². The van der Waals surface area contributed by atoms with E-state index in [1.165, 1.54) is 24.4 Å². The van der Waals surface area contributed by atoms with E-state index in [1.54, 1.807) is 36.4 Å². The highest BCUT2D eigenvalue weighted by Crippen LogP contribution is 2.20. The van der Waals surface area contributed by atoms with E-state index in [2.05, 4.69) is 20.7 Å². The van der Waals surface area contributed by atoms with Crippen LogP contribution in [-0.2, 0) is 0 Å². The summed E-state index contributed by atoms with van der Waals surface area (Å²) in [6, 6.07) is 14.5. The van der Waals surface area contributed by atoms with Gasteiger partial charge in [0.25, 0.3) is 11.6 Å². The standard InChI is InChI=1S/C17H12ClN5O3/c18-13-6-4-12(5-7-13)15-9-16(21-20-15)17(24)22-19-10-11-2-1-3-14(8-11)23(25)26/h1-10H,(H,20,21)(H,22,24)/b19-10+. The predicted octanol–water partition coefficient (Wildman–Crippen LogP) is 3.40. The fraction of sp³-hybridized carbons (Fsp3) is 0. The lowest BCUT2D eigenvalue weighted by atomic mass is 10.1. The lowest BCUT2D eigenvalue weighted by Crippen LogP contribution is -2.18. The average molecular weight is 370 g/mol. The number of aromatic amines is 1. The summed E-state index contributed by atoms with van der Waals surface area (Å²) in [7, 11) is 0. The topological polar surface area (TPSA) is 113 Å². The maximum atomic E-state index is 12.1. The lowest BCUT2D eigenvalue weighted by molar-refractivity contribution is -0.384. The first-order chi connectivity index (χ1) is 12.5. The second kappa shape index (κ2) is 7.58. The summed E-state index contributed by atoms with van der Waals surface area (Å²) >= 11 is 5.84. The van der Waals surface area contributed by atoms with Crippen LogP contribution in [0.5, 0.6) is 0 Å². The molecular weight excluding hydrogens is 358 g/mol. The highest BCUT2D eigenvalue weighted by atomic mass is 35.5. The molecule has 0 spiro atoms. The van der Waals surface area contributed by atoms with Gasteiger partial charge in [0.2, 0.25) is 0 Å². The highest BCUT2D eigenvalue weighted by molar-refractivity contribution is 6.30. The van der Waals surface area contributed by atoms with Crippen LogP contribution in [0.2, 0.25) is 5.02 Å². The number of hydrogen-bond donors (Lipinski definition) is 2. The monoisotopic (exact) mass is 369 g/mol. The van der Waals surface area contributed by atoms with Crippen LogP contribution in [0.3, 0.4) is 0 Å². The second-order valence-electron chi connectivity index (χ2n) is 5.22. The Kier molecular flexibility index (Phi) is 5.04. The molecule has 0 bridgehead atoms. The van der Waals surface area contributed by atoms with Crippen LogP contribution in [-0.4, -0.2) is 27.2 Å². The van der Waals surface area contributed by atoms with Crippen LogP contribution in [0, 0.1) is 10.1 Å². The van der Waals surface area contributed by atoms with Crippen molar-refractivity contribution in [2.45, 2.75) is 0 Å². The third kappa shape index (κ3) is 4.11. The molecule has 0 saturated heterocycles. The van der Waals surface area contributed by atoms with Crippen molar-refractivity contribution >= 4 is 29.4 Å². The number of nitro groups is 1. The van der Waals surface area contributed by atoms with Gasteiger partial charge in [0.15, 0.2) is 0 Å². The molecule has 26 heavy (non-hydrogen) atoms. The number of hydrogen-bond acceptors (Lipinski definition) is 5. The molecular formula is C17H12ClN5O3. The van der Waals surface area contributed by atoms with Crippen LogP contribution < -0.4 is 5.43 Å². The van der Waals surface area contributed by atoms with Crippen LogP contribution >= 0.6 is 11.6 Å². The fourth-order valence-corrected chi connectivity index (χ4v) is 2.28. The Hall–Kier alpha value is -3.52. The summed E-state index contributed by atoms with van der Waals surface area (Å²) in [6.45, 7) is 0. The van der Waals surface area contributed by atoms with Crippen molar-refractivity contribution in [1.82, 2.24) is 15.6 Å². The molecule has 1 aromatic heterocycles. The number of non-ortho nitro benzene ring substituents is 1. The van der Waals surface area contributed by atoms with E-state index in [9.17, 15) is 14.9 Å². The number of amides is 1. The summed E-state index contributed by atoms with van der Waals surface area (Å²) in [5, 5.41) is 21.9. The molecule has 0 fully saturated rings. The van der Waals surface area contributed by atoms with E-state index in [0.29, 0.717) is 16.3 Å². The van der Waals surface area contributed by atoms with Crippen molar-refractivity contribution in [3.8, 4) is 11.3 Å². The van der Waals surface area contributed by atoms with Gasteiger partial charge in [0.1, 0.15) is 5.69 Å². The van der Waals surface area contributed by atoms with Gasteiger partial charge in [-0.05, 0) is 18.2 Å². The molecule has 0 aliphatic carbocycles. The largest absolute Gasteiger partial charge is 0.289 e. The number of carbonyl (C=O) groups excluding carboxylic acids is 1. The summed E-state index contributed by atoms with van der Waals surface area (Å²) in [5.41, 5.74) is 4.41. The van der Waals surface area contributed by atoms with Gasteiger partial charge in [-0.2, -0.15) is 10.2 Å². The van der Waals surface area contributed by atoms with Crippen molar-refractivity contribution < 1.29 is 9.72 Å².